The van der Waals surface area contributed by atoms with Gasteiger partial charge in [-0.2, -0.15) is 26.3 Å². The van der Waals surface area contributed by atoms with Gasteiger partial charge in [0.05, 0.1) is 6.61 Å². The molecule has 0 radical (unpaired) electrons. The molecule has 0 bridgehead atoms. The molecule has 0 aromatic rings. The van der Waals surface area contributed by atoms with Gasteiger partial charge in [0, 0.05) is 12.6 Å². The summed E-state index contributed by atoms with van der Waals surface area (Å²) < 4.78 is 77.3. The predicted octanol–water partition coefficient (Wildman–Crippen LogP) is 2.48. The normalized spacial score (nSPS) is 15.6. The topological polar surface area (TPSA) is 35.2 Å². The fourth-order valence-electron chi connectivity index (χ4n) is 1.13. The Morgan fingerprint density at radius 3 is 1.81 bits per heavy atom. The van der Waals surface area contributed by atoms with Crippen LogP contribution in [0, 0.1) is 5.92 Å². The number of hydrogen-bond acceptors (Lipinski definition) is 2. The van der Waals surface area contributed by atoms with Crippen molar-refractivity contribution in [3.8, 4) is 0 Å². The molecule has 0 aliphatic carbocycles. The van der Waals surface area contributed by atoms with Gasteiger partial charge in [-0.05, 0) is 6.42 Å². The summed E-state index contributed by atoms with van der Waals surface area (Å²) in [5.74, 6) is -3.54. The number of nitrogens with two attached hydrogens (primary N) is 1. The van der Waals surface area contributed by atoms with Gasteiger partial charge in [-0.15, -0.1) is 0 Å². The van der Waals surface area contributed by atoms with E-state index >= 15 is 0 Å². The van der Waals surface area contributed by atoms with Gasteiger partial charge in [-0.1, -0.05) is 6.92 Å². The maximum atomic E-state index is 12.1. The van der Waals surface area contributed by atoms with Gasteiger partial charge in [-0.3, -0.25) is 0 Å². The van der Waals surface area contributed by atoms with E-state index < -0.39 is 30.9 Å². The molecule has 0 amide bonds. The second-order valence-corrected chi connectivity index (χ2v) is 3.30. The van der Waals surface area contributed by atoms with Crippen LogP contribution in [0.2, 0.25) is 0 Å². The molecule has 8 heteroatoms. The van der Waals surface area contributed by atoms with Gasteiger partial charge in [0.15, 0.2) is 5.92 Å². The number of ether oxygens (including phenoxy) is 1. The number of rotatable bonds is 5. The molecule has 0 fully saturated rings. The number of halogens is 6. The van der Waals surface area contributed by atoms with Gasteiger partial charge in [0.25, 0.3) is 0 Å². The van der Waals surface area contributed by atoms with Gasteiger partial charge in [0.1, 0.15) is 0 Å². The average Bonchev–Trinajstić information content (AvgIpc) is 1.98. The van der Waals surface area contributed by atoms with Crippen molar-refractivity contribution in [2.24, 2.45) is 11.7 Å². The van der Waals surface area contributed by atoms with Crippen molar-refractivity contribution in [2.45, 2.75) is 31.7 Å². The van der Waals surface area contributed by atoms with Crippen LogP contribution in [0.15, 0.2) is 0 Å². The molecule has 1 atom stereocenters. The van der Waals surface area contributed by atoms with Crippen LogP contribution < -0.4 is 5.73 Å². The zero-order valence-electron chi connectivity index (χ0n) is 8.53. The highest BCUT2D eigenvalue weighted by molar-refractivity contribution is 4.84. The van der Waals surface area contributed by atoms with E-state index in [1.807, 2.05) is 0 Å². The largest absolute Gasteiger partial charge is 0.402 e. The Morgan fingerprint density at radius 2 is 1.50 bits per heavy atom. The van der Waals surface area contributed by atoms with Crippen LogP contribution in [0.3, 0.4) is 0 Å². The van der Waals surface area contributed by atoms with Crippen molar-refractivity contribution in [3.05, 3.63) is 0 Å². The monoisotopic (exact) mass is 253 g/mol. The molecule has 0 saturated carbocycles. The average molecular weight is 253 g/mol. The molecule has 16 heavy (non-hydrogen) atoms. The summed E-state index contributed by atoms with van der Waals surface area (Å²) in [5.41, 5.74) is 4.87. The second kappa shape index (κ2) is 5.72. The van der Waals surface area contributed by atoms with Crippen LogP contribution >= 0.6 is 0 Å². The van der Waals surface area contributed by atoms with Crippen molar-refractivity contribution in [3.63, 3.8) is 0 Å². The lowest BCUT2D eigenvalue weighted by Crippen LogP contribution is -2.50. The van der Waals surface area contributed by atoms with Crippen LogP contribution in [-0.2, 0) is 4.74 Å². The third-order valence-corrected chi connectivity index (χ3v) is 1.79. The van der Waals surface area contributed by atoms with Crippen LogP contribution in [0.4, 0.5) is 26.3 Å². The fraction of sp³-hybridized carbons (Fsp3) is 1.00. The molecule has 98 valence electrons. The quantitative estimate of drug-likeness (QED) is 0.603. The van der Waals surface area contributed by atoms with Crippen molar-refractivity contribution in [2.75, 3.05) is 13.2 Å². The predicted molar refractivity (Wildman–Crippen MR) is 44.7 cm³/mol. The molecule has 0 aromatic carbocycles. The van der Waals surface area contributed by atoms with Crippen molar-refractivity contribution in [1.29, 1.82) is 0 Å². The lowest BCUT2D eigenvalue weighted by molar-refractivity contribution is -0.291. The standard InChI is InChI=1S/C8H13F6NO/c1-2-3-16-4-5(15)6(7(9,10)11)8(12,13)14/h5-6H,2-4,15H2,1H3. The summed E-state index contributed by atoms with van der Waals surface area (Å²) in [5, 5.41) is 0. The molecule has 0 aromatic heterocycles. The van der Waals surface area contributed by atoms with Crippen LogP contribution in [0.5, 0.6) is 0 Å². The highest BCUT2D eigenvalue weighted by Gasteiger charge is 2.59. The Labute approximate surface area is 88.7 Å². The minimum atomic E-state index is -5.41. The Bertz CT molecular complexity index is 188. The fourth-order valence-corrected chi connectivity index (χ4v) is 1.13. The lowest BCUT2D eigenvalue weighted by atomic mass is 10.00. The van der Waals surface area contributed by atoms with Gasteiger partial charge in [0.2, 0.25) is 0 Å². The zero-order valence-corrected chi connectivity index (χ0v) is 8.53. The first-order chi connectivity index (χ1) is 7.10. The van der Waals surface area contributed by atoms with E-state index in [1.54, 1.807) is 6.92 Å². The summed E-state index contributed by atoms with van der Waals surface area (Å²) in [6.45, 7) is 0.990. The zero-order chi connectivity index (χ0) is 13.0. The smallest absolute Gasteiger partial charge is 0.380 e. The molecule has 0 saturated heterocycles. The molecule has 0 spiro atoms. The third-order valence-electron chi connectivity index (χ3n) is 1.79. The van der Waals surface area contributed by atoms with Crippen molar-refractivity contribution in [1.82, 2.24) is 0 Å². The molecular weight excluding hydrogens is 240 g/mol. The molecule has 2 N–H and O–H groups in total. The van der Waals surface area contributed by atoms with Gasteiger partial charge < -0.3 is 10.5 Å². The molecule has 0 heterocycles. The van der Waals surface area contributed by atoms with Gasteiger partial charge >= 0.3 is 12.4 Å². The van der Waals surface area contributed by atoms with Crippen molar-refractivity contribution >= 4 is 0 Å². The molecule has 0 aliphatic heterocycles. The maximum Gasteiger partial charge on any atom is 0.402 e. The Kier molecular flexibility index (Phi) is 5.54. The van der Waals surface area contributed by atoms with Crippen LogP contribution in [-0.4, -0.2) is 31.6 Å². The first-order valence-electron chi connectivity index (χ1n) is 4.57. The molecule has 1 unspecified atom stereocenters. The molecular formula is C8H13F6NO. The minimum Gasteiger partial charge on any atom is -0.380 e. The van der Waals surface area contributed by atoms with E-state index in [0.717, 1.165) is 0 Å². The summed E-state index contributed by atoms with van der Waals surface area (Å²) in [6, 6.07) is -2.13. The Balaban J connectivity index is 4.53. The minimum absolute atomic E-state index is 0.0795. The molecule has 2 nitrogen and oxygen atoms in total. The summed E-state index contributed by atoms with van der Waals surface area (Å²) in [7, 11) is 0. The maximum absolute atomic E-state index is 12.1. The van der Waals surface area contributed by atoms with Crippen molar-refractivity contribution < 1.29 is 31.1 Å². The van der Waals surface area contributed by atoms with E-state index in [2.05, 4.69) is 4.74 Å². The summed E-state index contributed by atoms with van der Waals surface area (Å²) in [4.78, 5) is 0. The van der Waals surface area contributed by atoms with E-state index in [0.29, 0.717) is 6.42 Å². The SMILES string of the molecule is CCCOCC(N)C(C(F)(F)F)C(F)(F)F. The van der Waals surface area contributed by atoms with E-state index in [1.165, 1.54) is 0 Å². The summed E-state index contributed by atoms with van der Waals surface area (Å²) >= 11 is 0. The van der Waals surface area contributed by atoms with E-state index in [-0.39, 0.29) is 6.61 Å². The lowest BCUT2D eigenvalue weighted by Gasteiger charge is -2.27. The van der Waals surface area contributed by atoms with E-state index in [4.69, 9.17) is 5.73 Å². The second-order valence-electron chi connectivity index (χ2n) is 3.30. The third kappa shape index (κ3) is 5.02. The highest BCUT2D eigenvalue weighted by atomic mass is 19.4. The first kappa shape index (κ1) is 15.5. The number of alkyl halides is 6. The molecule has 0 rings (SSSR count). The highest BCUT2D eigenvalue weighted by Crippen LogP contribution is 2.40. The van der Waals surface area contributed by atoms with Crippen LogP contribution in [0.25, 0.3) is 0 Å². The molecule has 0 aliphatic rings. The number of hydrogen-bond donors (Lipinski definition) is 1. The van der Waals surface area contributed by atoms with Gasteiger partial charge in [-0.25, -0.2) is 0 Å². The van der Waals surface area contributed by atoms with Crippen LogP contribution in [0.1, 0.15) is 13.3 Å². The van der Waals surface area contributed by atoms with E-state index in [9.17, 15) is 26.3 Å². The first-order valence-corrected chi connectivity index (χ1v) is 4.57. The summed E-state index contributed by atoms with van der Waals surface area (Å²) in [6.07, 6.45) is -10.3. The Hall–Kier alpha value is -0.500. The Morgan fingerprint density at radius 1 is 1.06 bits per heavy atom.